The molecule has 0 fully saturated rings. The quantitative estimate of drug-likeness (QED) is 0.741. The fourth-order valence-electron chi connectivity index (χ4n) is 1.57. The van der Waals surface area contributed by atoms with Crippen LogP contribution < -0.4 is 5.73 Å². The van der Waals surface area contributed by atoms with Crippen LogP contribution in [0, 0.1) is 0 Å². The summed E-state index contributed by atoms with van der Waals surface area (Å²) >= 11 is 0. The molecule has 0 aliphatic carbocycles. The highest BCUT2D eigenvalue weighted by molar-refractivity contribution is 5.27. The largest absolute Gasteiger partial charge is 0.330 e. The summed E-state index contributed by atoms with van der Waals surface area (Å²) in [6.45, 7) is 3.91. The van der Waals surface area contributed by atoms with Crippen molar-refractivity contribution in [2.24, 2.45) is 5.73 Å². The summed E-state index contributed by atoms with van der Waals surface area (Å²) in [5, 5.41) is 0. The van der Waals surface area contributed by atoms with Crippen LogP contribution in [0.5, 0.6) is 0 Å². The average Bonchev–Trinajstić information content (AvgIpc) is 2.17. The molecule has 1 aromatic carbocycles. The third kappa shape index (κ3) is 4.00. The van der Waals surface area contributed by atoms with E-state index in [1.165, 1.54) is 5.56 Å². The molecule has 0 aliphatic heterocycles. The molecule has 0 bridgehead atoms. The predicted octanol–water partition coefficient (Wildman–Crippen LogP) is 3.17. The van der Waals surface area contributed by atoms with Gasteiger partial charge in [0.1, 0.15) is 5.67 Å². The number of rotatable bonds is 5. The molecule has 0 spiro atoms. The number of unbranched alkanes of at least 4 members (excludes halogenated alkanes) is 1. The Morgan fingerprint density at radius 3 is 2.60 bits per heavy atom. The maximum absolute atomic E-state index is 13.7. The molecular formula is C13H20FN. The first-order valence-electron chi connectivity index (χ1n) is 5.52. The zero-order valence-electron chi connectivity index (χ0n) is 9.59. The summed E-state index contributed by atoms with van der Waals surface area (Å²) in [6, 6.07) is 7.77. The van der Waals surface area contributed by atoms with E-state index in [1.807, 2.05) is 24.3 Å². The Balaban J connectivity index is 2.66. The maximum Gasteiger partial charge on any atom is 0.130 e. The van der Waals surface area contributed by atoms with Crippen LogP contribution in [0.2, 0.25) is 0 Å². The van der Waals surface area contributed by atoms with E-state index < -0.39 is 5.67 Å². The van der Waals surface area contributed by atoms with Crippen LogP contribution in [-0.2, 0) is 12.1 Å². The molecule has 2 N–H and O–H groups in total. The highest BCUT2D eigenvalue weighted by atomic mass is 19.1. The molecule has 0 saturated carbocycles. The number of hydrogen-bond donors (Lipinski definition) is 1. The average molecular weight is 209 g/mol. The van der Waals surface area contributed by atoms with Crippen molar-refractivity contribution in [1.29, 1.82) is 0 Å². The molecule has 0 atom stereocenters. The zero-order chi connectivity index (χ0) is 11.3. The van der Waals surface area contributed by atoms with Crippen molar-refractivity contribution in [3.63, 3.8) is 0 Å². The van der Waals surface area contributed by atoms with E-state index in [0.717, 1.165) is 31.4 Å². The van der Waals surface area contributed by atoms with Gasteiger partial charge in [-0.05, 0) is 50.8 Å². The van der Waals surface area contributed by atoms with Crippen LogP contribution in [0.15, 0.2) is 24.3 Å². The fraction of sp³-hybridized carbons (Fsp3) is 0.538. The van der Waals surface area contributed by atoms with Gasteiger partial charge in [-0.2, -0.15) is 0 Å². The van der Waals surface area contributed by atoms with Crippen molar-refractivity contribution in [2.45, 2.75) is 38.8 Å². The van der Waals surface area contributed by atoms with Crippen molar-refractivity contribution in [1.82, 2.24) is 0 Å². The number of nitrogens with two attached hydrogens (primary N) is 1. The Morgan fingerprint density at radius 2 is 2.00 bits per heavy atom. The lowest BCUT2D eigenvalue weighted by Gasteiger charge is -2.15. The summed E-state index contributed by atoms with van der Waals surface area (Å²) in [6.07, 6.45) is 3.09. The van der Waals surface area contributed by atoms with Gasteiger partial charge in [-0.25, -0.2) is 4.39 Å². The van der Waals surface area contributed by atoms with Crippen LogP contribution in [0.4, 0.5) is 4.39 Å². The third-order valence-electron chi connectivity index (χ3n) is 2.53. The number of hydrogen-bond acceptors (Lipinski definition) is 1. The van der Waals surface area contributed by atoms with Gasteiger partial charge in [-0.3, -0.25) is 0 Å². The van der Waals surface area contributed by atoms with Crippen molar-refractivity contribution in [3.05, 3.63) is 35.4 Å². The number of aryl methyl sites for hydroxylation is 1. The Kier molecular flexibility index (Phi) is 4.28. The Hall–Kier alpha value is -0.890. The minimum atomic E-state index is -1.25. The lowest BCUT2D eigenvalue weighted by Crippen LogP contribution is -2.09. The fourth-order valence-corrected chi connectivity index (χ4v) is 1.57. The van der Waals surface area contributed by atoms with Gasteiger partial charge in [0.15, 0.2) is 0 Å². The molecule has 15 heavy (non-hydrogen) atoms. The smallest absolute Gasteiger partial charge is 0.130 e. The topological polar surface area (TPSA) is 26.0 Å². The monoisotopic (exact) mass is 209 g/mol. The minimum absolute atomic E-state index is 0.730. The second-order valence-electron chi connectivity index (χ2n) is 4.42. The second-order valence-corrected chi connectivity index (χ2v) is 4.42. The van der Waals surface area contributed by atoms with Gasteiger partial charge in [0, 0.05) is 0 Å². The molecule has 0 aliphatic rings. The SMILES string of the molecule is CC(C)(F)c1cccc(CCCCN)c1. The van der Waals surface area contributed by atoms with Crippen molar-refractivity contribution < 1.29 is 4.39 Å². The third-order valence-corrected chi connectivity index (χ3v) is 2.53. The van der Waals surface area contributed by atoms with Crippen LogP contribution in [0.25, 0.3) is 0 Å². The summed E-state index contributed by atoms with van der Waals surface area (Å²) < 4.78 is 13.7. The van der Waals surface area contributed by atoms with Crippen LogP contribution in [-0.4, -0.2) is 6.54 Å². The molecule has 0 unspecified atom stereocenters. The van der Waals surface area contributed by atoms with Crippen LogP contribution in [0.1, 0.15) is 37.8 Å². The summed E-state index contributed by atoms with van der Waals surface area (Å²) in [5.41, 5.74) is 6.14. The van der Waals surface area contributed by atoms with E-state index in [1.54, 1.807) is 13.8 Å². The van der Waals surface area contributed by atoms with Crippen LogP contribution >= 0.6 is 0 Å². The van der Waals surface area contributed by atoms with E-state index in [9.17, 15) is 4.39 Å². The maximum atomic E-state index is 13.7. The molecule has 2 heteroatoms. The molecule has 1 aromatic rings. The van der Waals surface area contributed by atoms with Crippen molar-refractivity contribution in [3.8, 4) is 0 Å². The molecule has 1 nitrogen and oxygen atoms in total. The minimum Gasteiger partial charge on any atom is -0.330 e. The predicted molar refractivity (Wildman–Crippen MR) is 62.6 cm³/mol. The standard InChI is InChI=1S/C13H20FN/c1-13(2,14)12-8-5-7-11(10-12)6-3-4-9-15/h5,7-8,10H,3-4,6,9,15H2,1-2H3. The zero-order valence-corrected chi connectivity index (χ0v) is 9.59. The van der Waals surface area contributed by atoms with Gasteiger partial charge in [-0.1, -0.05) is 24.3 Å². The Morgan fingerprint density at radius 1 is 1.27 bits per heavy atom. The van der Waals surface area contributed by atoms with Gasteiger partial charge in [-0.15, -0.1) is 0 Å². The molecule has 0 radical (unpaired) electrons. The first-order valence-corrected chi connectivity index (χ1v) is 5.52. The normalized spacial score (nSPS) is 11.7. The van der Waals surface area contributed by atoms with Gasteiger partial charge in [0.2, 0.25) is 0 Å². The summed E-state index contributed by atoms with van der Waals surface area (Å²) in [4.78, 5) is 0. The molecule has 84 valence electrons. The van der Waals surface area contributed by atoms with Gasteiger partial charge in [0.25, 0.3) is 0 Å². The lowest BCUT2D eigenvalue weighted by atomic mass is 9.96. The Bertz CT molecular complexity index is 302. The molecule has 0 aromatic heterocycles. The molecule has 0 saturated heterocycles. The molecular weight excluding hydrogens is 189 g/mol. The number of alkyl halides is 1. The summed E-state index contributed by atoms with van der Waals surface area (Å²) in [7, 11) is 0. The first kappa shape index (κ1) is 12.2. The van der Waals surface area contributed by atoms with E-state index in [2.05, 4.69) is 0 Å². The van der Waals surface area contributed by atoms with Gasteiger partial charge in [0.05, 0.1) is 0 Å². The van der Waals surface area contributed by atoms with Crippen molar-refractivity contribution in [2.75, 3.05) is 6.54 Å². The Labute approximate surface area is 91.5 Å². The van der Waals surface area contributed by atoms with Crippen molar-refractivity contribution >= 4 is 0 Å². The molecule has 0 heterocycles. The van der Waals surface area contributed by atoms with E-state index in [4.69, 9.17) is 5.73 Å². The van der Waals surface area contributed by atoms with E-state index >= 15 is 0 Å². The first-order chi connectivity index (χ1) is 7.04. The highest BCUT2D eigenvalue weighted by Gasteiger charge is 2.18. The lowest BCUT2D eigenvalue weighted by molar-refractivity contribution is 0.221. The number of benzene rings is 1. The van der Waals surface area contributed by atoms with Gasteiger partial charge < -0.3 is 5.73 Å². The number of halogens is 1. The summed E-state index contributed by atoms with van der Waals surface area (Å²) in [5.74, 6) is 0. The van der Waals surface area contributed by atoms with E-state index in [0.29, 0.717) is 0 Å². The highest BCUT2D eigenvalue weighted by Crippen LogP contribution is 2.25. The second kappa shape index (κ2) is 5.26. The molecule has 0 amide bonds. The van der Waals surface area contributed by atoms with Gasteiger partial charge >= 0.3 is 0 Å². The van der Waals surface area contributed by atoms with Crippen LogP contribution in [0.3, 0.4) is 0 Å². The molecule has 1 rings (SSSR count). The van der Waals surface area contributed by atoms with E-state index in [-0.39, 0.29) is 0 Å².